The summed E-state index contributed by atoms with van der Waals surface area (Å²) < 4.78 is 21.1. The van der Waals surface area contributed by atoms with Gasteiger partial charge in [0.2, 0.25) is 9.84 Å². The Morgan fingerprint density at radius 1 is 1.56 bits per heavy atom. The van der Waals surface area contributed by atoms with Gasteiger partial charge < -0.3 is 4.89 Å². The van der Waals surface area contributed by atoms with Gasteiger partial charge in [0.15, 0.2) is 0 Å². The zero-order chi connectivity index (χ0) is 6.91. The monoisotopic (exact) mass is 148 g/mol. The number of rotatable bonds is 1. The molecular formula is C4H4O4S. The molecular weight excluding hydrogens is 144 g/mol. The van der Waals surface area contributed by atoms with Crippen LogP contribution in [0, 0.1) is 0 Å². The van der Waals surface area contributed by atoms with Gasteiger partial charge in [-0.25, -0.2) is 13.7 Å². The maximum Gasteiger partial charge on any atom is 0.260 e. The average Bonchev–Trinajstić information content (AvgIpc) is 2.08. The molecule has 9 heavy (non-hydrogen) atoms. The molecule has 0 amide bonds. The summed E-state index contributed by atoms with van der Waals surface area (Å²) in [6, 6.07) is 0. The molecule has 5 heteroatoms. The number of hydrogen-bond donors (Lipinski definition) is 1. The number of allylic oxidation sites excluding steroid dienone is 2. The topological polar surface area (TPSA) is 63.6 Å². The summed E-state index contributed by atoms with van der Waals surface area (Å²) in [5, 5.41) is 8.43. The highest BCUT2D eigenvalue weighted by molar-refractivity contribution is 7.98. The summed E-state index contributed by atoms with van der Waals surface area (Å²) in [6.45, 7) is 0. The van der Waals surface area contributed by atoms with Gasteiger partial charge >= 0.3 is 0 Å². The van der Waals surface area contributed by atoms with Crippen molar-refractivity contribution in [2.24, 2.45) is 0 Å². The molecule has 1 heterocycles. The maximum atomic E-state index is 10.6. The Bertz CT molecular complexity index is 258. The van der Waals surface area contributed by atoms with E-state index in [0.717, 1.165) is 11.5 Å². The Morgan fingerprint density at radius 3 is 2.44 bits per heavy atom. The fourth-order valence-electron chi connectivity index (χ4n) is 0.466. The van der Waals surface area contributed by atoms with E-state index in [1.54, 1.807) is 0 Å². The molecule has 0 spiro atoms. The average molecular weight is 148 g/mol. The smallest absolute Gasteiger partial charge is 0.260 e. The third-order valence-corrected chi connectivity index (χ3v) is 2.15. The Labute approximate surface area is 51.9 Å². The van der Waals surface area contributed by atoms with Crippen LogP contribution in [0.2, 0.25) is 0 Å². The molecule has 0 bridgehead atoms. The number of sulfone groups is 1. The fraction of sp³-hybridized carbons (Fsp3) is 0. The van der Waals surface area contributed by atoms with Gasteiger partial charge in [-0.1, -0.05) is 0 Å². The van der Waals surface area contributed by atoms with Crippen LogP contribution in [0.15, 0.2) is 22.7 Å². The lowest BCUT2D eigenvalue weighted by atomic mass is 10.6. The summed E-state index contributed by atoms with van der Waals surface area (Å²) in [4.78, 5) is 3.54. The van der Waals surface area contributed by atoms with E-state index < -0.39 is 14.9 Å². The van der Waals surface area contributed by atoms with Crippen LogP contribution in [-0.4, -0.2) is 13.7 Å². The first kappa shape index (κ1) is 6.31. The van der Waals surface area contributed by atoms with Crippen molar-refractivity contribution in [1.82, 2.24) is 0 Å². The van der Waals surface area contributed by atoms with Crippen LogP contribution in [0.5, 0.6) is 0 Å². The molecule has 1 aliphatic heterocycles. The molecule has 1 aliphatic rings. The van der Waals surface area contributed by atoms with Crippen molar-refractivity contribution >= 4 is 9.84 Å². The SMILES string of the molecule is O=S1(=O)C=CC=C1OO. The summed E-state index contributed by atoms with van der Waals surface area (Å²) in [5.41, 5.74) is 0. The Kier molecular flexibility index (Phi) is 1.30. The predicted octanol–water partition coefficient (Wildman–Crippen LogP) is 0.260. The molecule has 0 atom stereocenters. The molecule has 1 N–H and O–H groups in total. The standard InChI is InChI=1S/C4H4O4S/c5-8-4-2-1-3-9(4,6)7/h1-3,5H. The lowest BCUT2D eigenvalue weighted by Crippen LogP contribution is -1.97. The van der Waals surface area contributed by atoms with Crippen LogP contribution in [0.4, 0.5) is 0 Å². The van der Waals surface area contributed by atoms with E-state index in [0.29, 0.717) is 0 Å². The summed E-state index contributed by atoms with van der Waals surface area (Å²) in [7, 11) is -3.43. The molecule has 0 saturated carbocycles. The van der Waals surface area contributed by atoms with E-state index in [9.17, 15) is 8.42 Å². The molecule has 0 fully saturated rings. The van der Waals surface area contributed by atoms with Crippen LogP contribution in [0.1, 0.15) is 0 Å². The van der Waals surface area contributed by atoms with Crippen LogP contribution in [0.3, 0.4) is 0 Å². The minimum absolute atomic E-state index is 0.428. The molecule has 0 aromatic rings. The van der Waals surface area contributed by atoms with Crippen molar-refractivity contribution in [2.45, 2.75) is 0 Å². The zero-order valence-corrected chi connectivity index (χ0v) is 5.13. The van der Waals surface area contributed by atoms with Crippen LogP contribution < -0.4 is 0 Å². The van der Waals surface area contributed by atoms with Gasteiger partial charge in [0.1, 0.15) is 0 Å². The van der Waals surface area contributed by atoms with Gasteiger partial charge in [-0.05, 0) is 12.2 Å². The van der Waals surface area contributed by atoms with Crippen molar-refractivity contribution in [3.8, 4) is 0 Å². The molecule has 0 unspecified atom stereocenters. The quantitative estimate of drug-likeness (QED) is 0.428. The molecule has 0 aliphatic carbocycles. The third-order valence-electron chi connectivity index (χ3n) is 0.860. The normalized spacial score (nSPS) is 21.7. The van der Waals surface area contributed by atoms with Crippen molar-refractivity contribution in [1.29, 1.82) is 0 Å². The van der Waals surface area contributed by atoms with Gasteiger partial charge in [0, 0.05) is 5.41 Å². The van der Waals surface area contributed by atoms with Crippen molar-refractivity contribution < 1.29 is 18.6 Å². The van der Waals surface area contributed by atoms with E-state index in [1.165, 1.54) is 6.08 Å². The van der Waals surface area contributed by atoms with Crippen LogP contribution >= 0.6 is 0 Å². The molecule has 0 aromatic heterocycles. The highest BCUT2D eigenvalue weighted by Crippen LogP contribution is 2.14. The minimum atomic E-state index is -3.43. The number of hydrogen-bond acceptors (Lipinski definition) is 4. The van der Waals surface area contributed by atoms with E-state index in [-0.39, 0.29) is 0 Å². The van der Waals surface area contributed by atoms with Crippen LogP contribution in [0.25, 0.3) is 0 Å². The predicted molar refractivity (Wildman–Crippen MR) is 29.9 cm³/mol. The Hall–Kier alpha value is -0.810. The van der Waals surface area contributed by atoms with Gasteiger partial charge in [-0.3, -0.25) is 0 Å². The van der Waals surface area contributed by atoms with Gasteiger partial charge in [-0.15, -0.1) is 0 Å². The Balaban J connectivity index is 3.07. The first-order valence-corrected chi connectivity index (χ1v) is 3.66. The van der Waals surface area contributed by atoms with Crippen molar-refractivity contribution in [3.63, 3.8) is 0 Å². The lowest BCUT2D eigenvalue weighted by Gasteiger charge is -1.92. The van der Waals surface area contributed by atoms with E-state index in [4.69, 9.17) is 5.26 Å². The molecule has 0 saturated heterocycles. The van der Waals surface area contributed by atoms with Gasteiger partial charge in [0.05, 0.1) is 0 Å². The fourth-order valence-corrected chi connectivity index (χ4v) is 1.26. The second-order valence-electron chi connectivity index (χ2n) is 1.45. The van der Waals surface area contributed by atoms with Crippen molar-refractivity contribution in [3.05, 3.63) is 22.7 Å². The highest BCUT2D eigenvalue weighted by Gasteiger charge is 2.19. The molecule has 50 valence electrons. The molecule has 1 rings (SSSR count). The zero-order valence-electron chi connectivity index (χ0n) is 4.31. The second-order valence-corrected chi connectivity index (χ2v) is 3.22. The summed E-state index contributed by atoms with van der Waals surface area (Å²) in [6.07, 6.45) is 2.44. The first-order chi connectivity index (χ1) is 4.17. The second kappa shape index (κ2) is 1.85. The van der Waals surface area contributed by atoms with Crippen molar-refractivity contribution in [2.75, 3.05) is 0 Å². The summed E-state index contributed by atoms with van der Waals surface area (Å²) in [5.74, 6) is 0. The van der Waals surface area contributed by atoms with Crippen LogP contribution in [-0.2, 0) is 14.7 Å². The lowest BCUT2D eigenvalue weighted by molar-refractivity contribution is -0.192. The van der Waals surface area contributed by atoms with Gasteiger partial charge in [0.25, 0.3) is 5.09 Å². The maximum absolute atomic E-state index is 10.6. The highest BCUT2D eigenvalue weighted by atomic mass is 32.2. The van der Waals surface area contributed by atoms with Gasteiger partial charge in [-0.2, -0.15) is 0 Å². The Morgan fingerprint density at radius 2 is 2.22 bits per heavy atom. The van der Waals surface area contributed by atoms with E-state index >= 15 is 0 Å². The molecule has 0 aromatic carbocycles. The van der Waals surface area contributed by atoms with E-state index in [1.807, 2.05) is 0 Å². The summed E-state index contributed by atoms with van der Waals surface area (Å²) >= 11 is 0. The molecule has 4 nitrogen and oxygen atoms in total. The minimum Gasteiger partial charge on any atom is -0.327 e. The van der Waals surface area contributed by atoms with E-state index in [2.05, 4.69) is 4.89 Å². The molecule has 0 radical (unpaired) electrons. The largest absolute Gasteiger partial charge is 0.327 e. The first-order valence-electron chi connectivity index (χ1n) is 2.12. The third kappa shape index (κ3) is 0.962.